The van der Waals surface area contributed by atoms with Crippen molar-refractivity contribution in [2.75, 3.05) is 54.1 Å². The SMILES string of the molecule is CCCCCCCCCCCCCCOCC(COP(O)OCCCC[N+](C)(C)C)CC(C)=O. The van der Waals surface area contributed by atoms with Crippen LogP contribution < -0.4 is 0 Å². The number of nitrogens with zero attached hydrogens (tertiary/aromatic N) is 1. The van der Waals surface area contributed by atoms with Gasteiger partial charge in [-0.15, -0.1) is 0 Å². The monoisotopic (exact) mass is 506 g/mol. The molecule has 0 amide bonds. The van der Waals surface area contributed by atoms with E-state index in [1.165, 1.54) is 70.6 Å². The summed E-state index contributed by atoms with van der Waals surface area (Å²) in [7, 11) is 4.60. The van der Waals surface area contributed by atoms with Crippen molar-refractivity contribution in [1.82, 2.24) is 0 Å². The second-order valence-electron chi connectivity index (χ2n) is 10.8. The number of quaternary nitrogens is 1. The molecule has 0 aromatic heterocycles. The molecule has 0 bridgehead atoms. The molecular weight excluding hydrogens is 449 g/mol. The first-order valence-electron chi connectivity index (χ1n) is 13.9. The number of carbonyl (C=O) groups excluding carboxylic acids is 1. The van der Waals surface area contributed by atoms with Crippen molar-refractivity contribution in [2.24, 2.45) is 5.92 Å². The van der Waals surface area contributed by atoms with Crippen LogP contribution in [0.5, 0.6) is 0 Å². The predicted octanol–water partition coefficient (Wildman–Crippen LogP) is 7.04. The standard InChI is InChI=1S/C27H57NO5P/c1-6-7-8-9-10-11-12-13-14-15-16-18-21-31-24-27(23-26(2)29)25-33-34(30)32-22-19-17-20-28(3,4)5/h27,30H,6-25H2,1-5H3/q+1. The Morgan fingerprint density at radius 3 is 1.82 bits per heavy atom. The van der Waals surface area contributed by atoms with Crippen molar-refractivity contribution in [3.63, 3.8) is 0 Å². The van der Waals surface area contributed by atoms with E-state index in [4.69, 9.17) is 13.8 Å². The largest absolute Gasteiger partial charge is 0.381 e. The predicted molar refractivity (Wildman–Crippen MR) is 144 cm³/mol. The molecule has 0 aromatic carbocycles. The molecule has 0 fully saturated rings. The lowest BCUT2D eigenvalue weighted by molar-refractivity contribution is -0.870. The third-order valence-electron chi connectivity index (χ3n) is 5.92. The van der Waals surface area contributed by atoms with Crippen molar-refractivity contribution < 1.29 is 28.0 Å². The highest BCUT2D eigenvalue weighted by Gasteiger charge is 2.16. The van der Waals surface area contributed by atoms with Gasteiger partial charge in [-0.1, -0.05) is 77.6 Å². The van der Waals surface area contributed by atoms with E-state index in [-0.39, 0.29) is 11.7 Å². The molecule has 34 heavy (non-hydrogen) atoms. The van der Waals surface area contributed by atoms with Crippen molar-refractivity contribution in [3.8, 4) is 0 Å². The molecule has 1 N–H and O–H groups in total. The Labute approximate surface area is 212 Å². The van der Waals surface area contributed by atoms with Crippen molar-refractivity contribution in [2.45, 2.75) is 110 Å². The molecule has 0 saturated heterocycles. The van der Waals surface area contributed by atoms with E-state index >= 15 is 0 Å². The Morgan fingerprint density at radius 1 is 0.765 bits per heavy atom. The number of hydrogen-bond acceptors (Lipinski definition) is 5. The van der Waals surface area contributed by atoms with Crippen LogP contribution in [0.4, 0.5) is 0 Å². The molecule has 0 aliphatic carbocycles. The van der Waals surface area contributed by atoms with Gasteiger partial charge in [-0.25, -0.2) is 0 Å². The number of rotatable bonds is 26. The van der Waals surface area contributed by atoms with E-state index in [9.17, 15) is 9.69 Å². The van der Waals surface area contributed by atoms with E-state index in [0.717, 1.165) is 36.9 Å². The summed E-state index contributed by atoms with van der Waals surface area (Å²) in [5, 5.41) is 0. The number of unbranched alkanes of at least 4 members (excludes halogenated alkanes) is 12. The highest BCUT2D eigenvalue weighted by Crippen LogP contribution is 2.34. The zero-order valence-corrected chi connectivity index (χ0v) is 24.1. The Balaban J connectivity index is 3.70. The van der Waals surface area contributed by atoms with Gasteiger partial charge in [0.15, 0.2) is 0 Å². The Bertz CT molecular complexity index is 459. The zero-order valence-electron chi connectivity index (χ0n) is 23.2. The van der Waals surface area contributed by atoms with Gasteiger partial charge in [0.25, 0.3) is 0 Å². The van der Waals surface area contributed by atoms with Crippen LogP contribution in [0.15, 0.2) is 0 Å². The number of ether oxygens (including phenoxy) is 1. The summed E-state index contributed by atoms with van der Waals surface area (Å²) in [4.78, 5) is 21.5. The van der Waals surface area contributed by atoms with Crippen LogP contribution in [0.2, 0.25) is 0 Å². The summed E-state index contributed by atoms with van der Waals surface area (Å²) in [5.41, 5.74) is 0. The number of hydrogen-bond donors (Lipinski definition) is 1. The fraction of sp³-hybridized carbons (Fsp3) is 0.963. The molecule has 0 radical (unpaired) electrons. The maximum Gasteiger partial charge on any atom is 0.329 e. The van der Waals surface area contributed by atoms with Crippen LogP contribution in [-0.4, -0.2) is 69.3 Å². The van der Waals surface area contributed by atoms with Crippen molar-refractivity contribution >= 4 is 14.4 Å². The van der Waals surface area contributed by atoms with Crippen LogP contribution in [0.1, 0.15) is 110 Å². The molecule has 7 heteroatoms. The van der Waals surface area contributed by atoms with Crippen LogP contribution in [0, 0.1) is 5.92 Å². The van der Waals surface area contributed by atoms with E-state index < -0.39 is 8.60 Å². The molecule has 0 spiro atoms. The molecule has 0 aliphatic rings. The lowest BCUT2D eigenvalue weighted by Crippen LogP contribution is -2.35. The number of ketones is 1. The molecule has 2 atom stereocenters. The lowest BCUT2D eigenvalue weighted by atomic mass is 10.1. The molecule has 0 heterocycles. The molecule has 2 unspecified atom stereocenters. The van der Waals surface area contributed by atoms with Gasteiger partial charge in [-0.2, -0.15) is 0 Å². The van der Waals surface area contributed by atoms with Gasteiger partial charge in [-0.3, -0.25) is 0 Å². The maximum atomic E-state index is 11.6. The minimum atomic E-state index is -1.89. The summed E-state index contributed by atoms with van der Waals surface area (Å²) >= 11 is 0. The van der Waals surface area contributed by atoms with E-state index in [0.29, 0.717) is 26.2 Å². The van der Waals surface area contributed by atoms with Gasteiger partial charge in [0.05, 0.1) is 47.5 Å². The van der Waals surface area contributed by atoms with Crippen LogP contribution in [-0.2, 0) is 18.6 Å². The summed E-state index contributed by atoms with van der Waals surface area (Å²) in [5.74, 6) is 0.0832. The van der Waals surface area contributed by atoms with Crippen LogP contribution >= 0.6 is 8.60 Å². The quantitative estimate of drug-likeness (QED) is 0.0774. The molecule has 0 saturated carbocycles. The number of carbonyl (C=O) groups is 1. The fourth-order valence-electron chi connectivity index (χ4n) is 3.90. The van der Waals surface area contributed by atoms with Gasteiger partial charge in [0.1, 0.15) is 5.78 Å². The molecular formula is C27H57NO5P+. The first kappa shape index (κ1) is 33.9. The second kappa shape index (κ2) is 23.3. The average Bonchev–Trinajstić information content (AvgIpc) is 2.76. The van der Waals surface area contributed by atoms with Crippen molar-refractivity contribution in [1.29, 1.82) is 0 Å². The van der Waals surface area contributed by atoms with Crippen molar-refractivity contribution in [3.05, 3.63) is 0 Å². The summed E-state index contributed by atoms with van der Waals surface area (Å²) in [6.45, 7) is 6.93. The molecule has 0 rings (SSSR count). The van der Waals surface area contributed by atoms with Crippen LogP contribution in [0.3, 0.4) is 0 Å². The van der Waals surface area contributed by atoms with Gasteiger partial charge >= 0.3 is 8.60 Å². The highest BCUT2D eigenvalue weighted by molar-refractivity contribution is 7.40. The highest BCUT2D eigenvalue weighted by atomic mass is 31.2. The van der Waals surface area contributed by atoms with Gasteiger partial charge < -0.3 is 28.0 Å². The van der Waals surface area contributed by atoms with Gasteiger partial charge in [0, 0.05) is 18.9 Å². The smallest absolute Gasteiger partial charge is 0.329 e. The second-order valence-corrected chi connectivity index (χ2v) is 11.8. The molecule has 0 aromatic rings. The van der Waals surface area contributed by atoms with Gasteiger partial charge in [0.2, 0.25) is 0 Å². The lowest BCUT2D eigenvalue weighted by Gasteiger charge is -2.23. The van der Waals surface area contributed by atoms with E-state index in [1.54, 1.807) is 6.92 Å². The summed E-state index contributed by atoms with van der Waals surface area (Å²) in [6, 6.07) is 0. The third kappa shape index (κ3) is 26.5. The Kier molecular flexibility index (Phi) is 23.2. The zero-order chi connectivity index (χ0) is 25.5. The first-order valence-corrected chi connectivity index (χ1v) is 15.0. The van der Waals surface area contributed by atoms with E-state index in [1.807, 2.05) is 0 Å². The first-order chi connectivity index (χ1) is 16.2. The molecule has 0 aliphatic heterocycles. The average molecular weight is 507 g/mol. The maximum absolute atomic E-state index is 11.6. The van der Waals surface area contributed by atoms with E-state index in [2.05, 4.69) is 28.1 Å². The topological polar surface area (TPSA) is 65.0 Å². The summed E-state index contributed by atoms with van der Waals surface area (Å²) in [6.07, 6.45) is 18.3. The fourth-order valence-corrected chi connectivity index (χ4v) is 4.60. The summed E-state index contributed by atoms with van der Waals surface area (Å²) < 4.78 is 17.6. The normalized spacial score (nSPS) is 13.8. The Morgan fingerprint density at radius 2 is 1.29 bits per heavy atom. The minimum Gasteiger partial charge on any atom is -0.381 e. The van der Waals surface area contributed by atoms with Crippen LogP contribution in [0.25, 0.3) is 0 Å². The van der Waals surface area contributed by atoms with Gasteiger partial charge in [-0.05, 0) is 26.2 Å². The Hall–Kier alpha value is -0.100. The molecule has 6 nitrogen and oxygen atoms in total. The third-order valence-corrected chi connectivity index (χ3v) is 6.69. The molecule has 204 valence electrons. The number of Topliss-reactive ketones (excluding diaryl/α,β-unsaturated/α-hetero) is 1. The minimum absolute atomic E-state index is 0.0335.